The number of H-pyrrole nitrogens is 1. The van der Waals surface area contributed by atoms with E-state index in [0.29, 0.717) is 28.8 Å². The van der Waals surface area contributed by atoms with Crippen LogP contribution in [0.25, 0.3) is 22.2 Å². The van der Waals surface area contributed by atoms with Crippen LogP contribution in [0.15, 0.2) is 41.2 Å². The number of carbonyl (C=O) groups excluding carboxylic acids is 1. The summed E-state index contributed by atoms with van der Waals surface area (Å²) < 4.78 is 9.99. The molecule has 0 aliphatic heterocycles. The molecule has 0 fully saturated rings. The summed E-state index contributed by atoms with van der Waals surface area (Å²) in [6.45, 7) is 2.06. The molecule has 0 aliphatic rings. The van der Waals surface area contributed by atoms with Crippen LogP contribution in [0.3, 0.4) is 0 Å². The molecule has 0 spiro atoms. The van der Waals surface area contributed by atoms with Crippen LogP contribution < -0.4 is 10.1 Å². The normalized spacial score (nSPS) is 11.0. The van der Waals surface area contributed by atoms with Gasteiger partial charge in [-0.2, -0.15) is 0 Å². The van der Waals surface area contributed by atoms with Crippen LogP contribution in [0.5, 0.6) is 5.88 Å². The van der Waals surface area contributed by atoms with Crippen molar-refractivity contribution in [2.24, 2.45) is 0 Å². The molecule has 28 heavy (non-hydrogen) atoms. The number of hydrogen-bond acceptors (Lipinski definition) is 6. The molecule has 0 unspecified atom stereocenters. The Bertz CT molecular complexity index is 1150. The third-order valence-electron chi connectivity index (χ3n) is 4.17. The van der Waals surface area contributed by atoms with Crippen LogP contribution in [0.2, 0.25) is 5.02 Å². The highest BCUT2D eigenvalue weighted by Crippen LogP contribution is 2.31. The molecule has 0 saturated carbocycles. The molecule has 2 N–H and O–H groups in total. The zero-order chi connectivity index (χ0) is 19.7. The first kappa shape index (κ1) is 18.0. The van der Waals surface area contributed by atoms with Gasteiger partial charge in [0.25, 0.3) is 5.91 Å². The van der Waals surface area contributed by atoms with E-state index in [-0.39, 0.29) is 11.7 Å². The molecule has 1 aromatic carbocycles. The van der Waals surface area contributed by atoms with Crippen molar-refractivity contribution in [2.75, 3.05) is 7.11 Å². The first-order valence-corrected chi connectivity index (χ1v) is 8.80. The Morgan fingerprint density at radius 3 is 2.79 bits per heavy atom. The van der Waals surface area contributed by atoms with Crippen LogP contribution in [0, 0.1) is 6.92 Å². The summed E-state index contributed by atoms with van der Waals surface area (Å²) in [5.74, 6) is 0.282. The number of amides is 1. The summed E-state index contributed by atoms with van der Waals surface area (Å²) in [6, 6.07) is 7.26. The predicted molar refractivity (Wildman–Crippen MR) is 103 cm³/mol. The Hall–Kier alpha value is -3.39. The summed E-state index contributed by atoms with van der Waals surface area (Å²) >= 11 is 6.43. The average molecular weight is 398 g/mol. The number of fused-ring (bicyclic) bond motifs is 1. The standard InChI is InChI=1S/C19H16ClN5O3/c1-10-3-17(28-25-10)19(26)23-7-12-4-11-5-14(20)13(6-15(11)24-12)16-8-22-18(27-2)9-21-16/h3-6,8-9,24H,7H2,1-2H3,(H,23,26). The SMILES string of the molecule is COc1cnc(-c2cc3[nH]c(CNC(=O)c4cc(C)no4)cc3cc2Cl)cn1. The van der Waals surface area contributed by atoms with Crippen LogP contribution in [0.4, 0.5) is 0 Å². The average Bonchev–Trinajstić information content (AvgIpc) is 3.31. The lowest BCUT2D eigenvalue weighted by molar-refractivity contribution is 0.0913. The molecule has 0 aliphatic carbocycles. The molecule has 0 bridgehead atoms. The van der Waals surface area contributed by atoms with Gasteiger partial charge in [0.15, 0.2) is 0 Å². The highest BCUT2D eigenvalue weighted by Gasteiger charge is 2.13. The van der Waals surface area contributed by atoms with Crippen LogP contribution in [-0.2, 0) is 6.54 Å². The Balaban J connectivity index is 1.56. The fraction of sp³-hybridized carbons (Fsp3) is 0.158. The Morgan fingerprint density at radius 1 is 1.25 bits per heavy atom. The van der Waals surface area contributed by atoms with Gasteiger partial charge in [0.2, 0.25) is 11.6 Å². The number of hydrogen-bond donors (Lipinski definition) is 2. The van der Waals surface area contributed by atoms with Crippen LogP contribution >= 0.6 is 11.6 Å². The summed E-state index contributed by atoms with van der Waals surface area (Å²) in [4.78, 5) is 23.9. The van der Waals surface area contributed by atoms with Crippen LogP contribution in [0.1, 0.15) is 21.9 Å². The summed E-state index contributed by atoms with van der Waals surface area (Å²) in [5.41, 5.74) is 3.74. The minimum Gasteiger partial charge on any atom is -0.480 e. The molecule has 4 aromatic rings. The second-order valence-corrected chi connectivity index (χ2v) is 6.58. The van der Waals surface area contributed by atoms with E-state index in [4.69, 9.17) is 20.9 Å². The second kappa shape index (κ2) is 7.32. The molecule has 142 valence electrons. The molecule has 1 amide bonds. The van der Waals surface area contributed by atoms with Gasteiger partial charge >= 0.3 is 0 Å². The third-order valence-corrected chi connectivity index (χ3v) is 4.48. The molecule has 3 heterocycles. The molecule has 0 atom stereocenters. The zero-order valence-electron chi connectivity index (χ0n) is 15.1. The highest BCUT2D eigenvalue weighted by molar-refractivity contribution is 6.34. The van der Waals surface area contributed by atoms with Gasteiger partial charge in [-0.1, -0.05) is 16.8 Å². The quantitative estimate of drug-likeness (QED) is 0.533. The molecule has 9 heteroatoms. The summed E-state index contributed by atoms with van der Waals surface area (Å²) in [7, 11) is 1.53. The number of rotatable bonds is 5. The summed E-state index contributed by atoms with van der Waals surface area (Å²) in [6.07, 6.45) is 3.14. The van der Waals surface area contributed by atoms with Crippen molar-refractivity contribution in [3.05, 3.63) is 58.8 Å². The lowest BCUT2D eigenvalue weighted by Crippen LogP contribution is -2.22. The fourth-order valence-electron chi connectivity index (χ4n) is 2.80. The van der Waals surface area contributed by atoms with Gasteiger partial charge in [-0.15, -0.1) is 0 Å². The van der Waals surface area contributed by atoms with E-state index in [9.17, 15) is 4.79 Å². The zero-order valence-corrected chi connectivity index (χ0v) is 15.9. The molecule has 0 radical (unpaired) electrons. The number of benzene rings is 1. The van der Waals surface area contributed by atoms with Gasteiger partial charge in [-0.25, -0.2) is 9.97 Å². The van der Waals surface area contributed by atoms with Crippen molar-refractivity contribution < 1.29 is 14.1 Å². The molecule has 4 rings (SSSR count). The maximum atomic E-state index is 12.1. The first-order chi connectivity index (χ1) is 13.5. The van der Waals surface area contributed by atoms with Crippen molar-refractivity contribution in [3.63, 3.8) is 0 Å². The van der Waals surface area contributed by atoms with Crippen molar-refractivity contribution in [1.29, 1.82) is 0 Å². The van der Waals surface area contributed by atoms with Gasteiger partial charge in [-0.05, 0) is 25.1 Å². The first-order valence-electron chi connectivity index (χ1n) is 8.42. The monoisotopic (exact) mass is 397 g/mol. The number of methoxy groups -OCH3 is 1. The van der Waals surface area contributed by atoms with Crippen molar-refractivity contribution in [1.82, 2.24) is 25.4 Å². The molecular formula is C19H16ClN5O3. The van der Waals surface area contributed by atoms with Gasteiger partial charge < -0.3 is 19.6 Å². The maximum absolute atomic E-state index is 12.1. The number of nitrogens with zero attached hydrogens (tertiary/aromatic N) is 3. The van der Waals surface area contributed by atoms with E-state index in [2.05, 4.69) is 25.4 Å². The smallest absolute Gasteiger partial charge is 0.290 e. The van der Waals surface area contributed by atoms with E-state index in [0.717, 1.165) is 22.2 Å². The predicted octanol–water partition coefficient (Wildman–Crippen LogP) is 3.51. The summed E-state index contributed by atoms with van der Waals surface area (Å²) in [5, 5.41) is 7.98. The largest absolute Gasteiger partial charge is 0.480 e. The van der Waals surface area contributed by atoms with Gasteiger partial charge in [0.05, 0.1) is 42.5 Å². The van der Waals surface area contributed by atoms with Crippen molar-refractivity contribution >= 4 is 28.4 Å². The Morgan fingerprint density at radius 2 is 2.11 bits per heavy atom. The van der Waals surface area contributed by atoms with Crippen LogP contribution in [-0.4, -0.2) is 33.1 Å². The molecule has 0 saturated heterocycles. The van der Waals surface area contributed by atoms with E-state index in [1.807, 2.05) is 18.2 Å². The van der Waals surface area contributed by atoms with E-state index >= 15 is 0 Å². The number of carbonyl (C=O) groups is 1. The molecule has 8 nitrogen and oxygen atoms in total. The van der Waals surface area contributed by atoms with E-state index in [1.165, 1.54) is 13.3 Å². The fourth-order valence-corrected chi connectivity index (χ4v) is 3.07. The molecule has 3 aromatic heterocycles. The topological polar surface area (TPSA) is 106 Å². The Kier molecular flexibility index (Phi) is 4.70. The third kappa shape index (κ3) is 3.54. The van der Waals surface area contributed by atoms with Gasteiger partial charge in [-0.3, -0.25) is 4.79 Å². The minimum atomic E-state index is -0.327. The second-order valence-electron chi connectivity index (χ2n) is 6.17. The highest BCUT2D eigenvalue weighted by atomic mass is 35.5. The van der Waals surface area contributed by atoms with E-state index in [1.54, 1.807) is 19.2 Å². The maximum Gasteiger partial charge on any atom is 0.290 e. The van der Waals surface area contributed by atoms with Gasteiger partial charge in [0, 0.05) is 28.2 Å². The number of aromatic nitrogens is 4. The van der Waals surface area contributed by atoms with Crippen molar-refractivity contribution in [3.8, 4) is 17.1 Å². The lowest BCUT2D eigenvalue weighted by atomic mass is 10.1. The number of ether oxygens (including phenoxy) is 1. The lowest BCUT2D eigenvalue weighted by Gasteiger charge is -2.05. The van der Waals surface area contributed by atoms with Gasteiger partial charge in [0.1, 0.15) is 0 Å². The van der Waals surface area contributed by atoms with E-state index < -0.39 is 0 Å². The van der Waals surface area contributed by atoms with Crippen molar-refractivity contribution in [2.45, 2.75) is 13.5 Å². The number of halogens is 1. The number of aryl methyl sites for hydroxylation is 1. The molecular weight excluding hydrogens is 382 g/mol. The Labute approximate surface area is 164 Å². The number of aromatic amines is 1. The minimum absolute atomic E-state index is 0.178. The number of nitrogens with one attached hydrogen (secondary N) is 2.